The number of nitrogens with one attached hydrogen (secondary N) is 1. The van der Waals surface area contributed by atoms with Crippen molar-refractivity contribution >= 4 is 23.6 Å². The molecule has 146 valence electrons. The topological polar surface area (TPSA) is 73.9 Å². The molecule has 0 saturated heterocycles. The highest BCUT2D eigenvalue weighted by atomic mass is 19.4. The number of amides is 1. The molecular weight excluding hydrogens is 379 g/mol. The first kappa shape index (κ1) is 19.3. The molecule has 1 amide bonds. The highest BCUT2D eigenvalue weighted by Crippen LogP contribution is 2.32. The highest BCUT2D eigenvalue weighted by molar-refractivity contribution is 6.10. The van der Waals surface area contributed by atoms with Crippen molar-refractivity contribution in [2.75, 3.05) is 19.0 Å². The van der Waals surface area contributed by atoms with Gasteiger partial charge >= 0.3 is 12.3 Å². The Kier molecular flexibility index (Phi) is 5.25. The molecule has 9 heteroatoms. The Bertz CT molecular complexity index is 953. The molecule has 1 aliphatic heterocycles. The van der Waals surface area contributed by atoms with E-state index < -0.39 is 24.0 Å². The molecule has 6 nitrogen and oxygen atoms in total. The van der Waals surface area contributed by atoms with E-state index in [-0.39, 0.29) is 29.0 Å². The number of hydrogen-bond acceptors (Lipinski definition) is 5. The number of anilines is 1. The van der Waals surface area contributed by atoms with Gasteiger partial charge in [0.2, 0.25) is 0 Å². The third-order valence-electron chi connectivity index (χ3n) is 3.80. The van der Waals surface area contributed by atoms with E-state index in [4.69, 9.17) is 4.74 Å². The van der Waals surface area contributed by atoms with Gasteiger partial charge in [0, 0.05) is 5.56 Å². The van der Waals surface area contributed by atoms with Crippen molar-refractivity contribution in [1.29, 1.82) is 0 Å². The molecule has 0 aromatic heterocycles. The number of alkyl halides is 3. The summed E-state index contributed by atoms with van der Waals surface area (Å²) < 4.78 is 51.1. The number of carbonyl (C=O) groups excluding carboxylic acids is 2. The van der Waals surface area contributed by atoms with E-state index in [2.05, 4.69) is 14.8 Å². The highest BCUT2D eigenvalue weighted by Gasteiger charge is 2.31. The zero-order valence-electron chi connectivity index (χ0n) is 14.5. The molecule has 3 rings (SSSR count). The number of carbonyl (C=O) groups is 2. The van der Waals surface area contributed by atoms with E-state index in [1.807, 2.05) is 0 Å². The van der Waals surface area contributed by atoms with Crippen LogP contribution in [-0.2, 0) is 9.53 Å². The van der Waals surface area contributed by atoms with Gasteiger partial charge in [-0.15, -0.1) is 13.2 Å². The number of hydrogen-bond donors (Lipinski definition) is 1. The van der Waals surface area contributed by atoms with E-state index >= 15 is 0 Å². The zero-order valence-corrected chi connectivity index (χ0v) is 14.5. The lowest BCUT2D eigenvalue weighted by Crippen LogP contribution is -2.22. The minimum absolute atomic E-state index is 0.0846. The van der Waals surface area contributed by atoms with Crippen molar-refractivity contribution in [3.63, 3.8) is 0 Å². The van der Waals surface area contributed by atoms with Crippen LogP contribution in [0, 0.1) is 0 Å². The van der Waals surface area contributed by atoms with Crippen molar-refractivity contribution in [3.8, 4) is 11.5 Å². The molecule has 1 aliphatic rings. The van der Waals surface area contributed by atoms with Crippen molar-refractivity contribution < 1.29 is 37.0 Å². The first-order valence-electron chi connectivity index (χ1n) is 7.98. The minimum Gasteiger partial charge on any atom is -0.488 e. The minimum atomic E-state index is -4.83. The van der Waals surface area contributed by atoms with E-state index in [1.165, 1.54) is 31.4 Å². The van der Waals surface area contributed by atoms with Crippen LogP contribution in [0.15, 0.2) is 48.0 Å². The summed E-state index contributed by atoms with van der Waals surface area (Å²) >= 11 is 0. The van der Waals surface area contributed by atoms with Crippen LogP contribution in [0.25, 0.3) is 6.08 Å². The number of halogens is 3. The van der Waals surface area contributed by atoms with E-state index in [1.54, 1.807) is 12.1 Å². The summed E-state index contributed by atoms with van der Waals surface area (Å²) in [4.78, 5) is 24.3. The van der Waals surface area contributed by atoms with E-state index in [0.29, 0.717) is 5.75 Å². The summed E-state index contributed by atoms with van der Waals surface area (Å²) in [6.07, 6.45) is -3.43. The van der Waals surface area contributed by atoms with Gasteiger partial charge in [0.15, 0.2) is 0 Å². The van der Waals surface area contributed by atoms with Gasteiger partial charge in [-0.25, -0.2) is 4.79 Å². The predicted octanol–water partition coefficient (Wildman–Crippen LogP) is 3.79. The average molecular weight is 393 g/mol. The van der Waals surface area contributed by atoms with Gasteiger partial charge in [0.05, 0.1) is 23.9 Å². The van der Waals surface area contributed by atoms with Crippen LogP contribution in [-0.4, -0.2) is 32.0 Å². The number of benzene rings is 2. The van der Waals surface area contributed by atoms with Crippen LogP contribution in [0.5, 0.6) is 11.5 Å². The zero-order chi connectivity index (χ0) is 20.3. The van der Waals surface area contributed by atoms with Crippen LogP contribution < -0.4 is 14.8 Å². The molecule has 28 heavy (non-hydrogen) atoms. The first-order valence-corrected chi connectivity index (χ1v) is 7.98. The molecule has 0 unspecified atom stereocenters. The summed E-state index contributed by atoms with van der Waals surface area (Å²) in [7, 11) is 1.22. The Balaban J connectivity index is 1.83. The molecule has 0 saturated carbocycles. The lowest BCUT2D eigenvalue weighted by Gasteiger charge is -2.19. The van der Waals surface area contributed by atoms with Crippen LogP contribution in [0.2, 0.25) is 0 Å². The van der Waals surface area contributed by atoms with E-state index in [0.717, 1.165) is 12.1 Å². The quantitative estimate of drug-likeness (QED) is 0.801. The predicted molar refractivity (Wildman–Crippen MR) is 93.0 cm³/mol. The largest absolute Gasteiger partial charge is 0.573 e. The summed E-state index contributed by atoms with van der Waals surface area (Å²) in [5.41, 5.74) is 0.827. The molecule has 1 N–H and O–H groups in total. The molecule has 2 aromatic rings. The van der Waals surface area contributed by atoms with Crippen LogP contribution in [0.4, 0.5) is 18.9 Å². The molecular formula is C19H14F3NO5. The number of methoxy groups -OCH3 is 1. The molecule has 1 heterocycles. The van der Waals surface area contributed by atoms with Gasteiger partial charge in [0.25, 0.3) is 5.91 Å². The van der Waals surface area contributed by atoms with Gasteiger partial charge in [0.1, 0.15) is 18.1 Å². The summed E-state index contributed by atoms with van der Waals surface area (Å²) in [5.74, 6) is -1.29. The van der Waals surface area contributed by atoms with Crippen molar-refractivity contribution in [2.45, 2.75) is 6.36 Å². The molecule has 0 radical (unpaired) electrons. The second-order valence-electron chi connectivity index (χ2n) is 5.70. The summed E-state index contributed by atoms with van der Waals surface area (Å²) in [6.45, 7) is -0.0846. The third-order valence-corrected chi connectivity index (χ3v) is 3.80. The van der Waals surface area contributed by atoms with Crippen molar-refractivity contribution in [2.24, 2.45) is 0 Å². The van der Waals surface area contributed by atoms with Gasteiger partial charge < -0.3 is 19.5 Å². The fraction of sp³-hybridized carbons (Fsp3) is 0.158. The lowest BCUT2D eigenvalue weighted by molar-refractivity contribution is -0.274. The molecule has 0 bridgehead atoms. The van der Waals surface area contributed by atoms with Crippen LogP contribution >= 0.6 is 0 Å². The number of rotatable bonds is 4. The summed E-state index contributed by atoms with van der Waals surface area (Å²) in [6, 6.07) is 9.83. The van der Waals surface area contributed by atoms with E-state index in [9.17, 15) is 22.8 Å². The normalized spacial score (nSPS) is 12.9. The monoisotopic (exact) mass is 393 g/mol. The second kappa shape index (κ2) is 7.63. The average Bonchev–Trinajstić information content (AvgIpc) is 2.66. The Labute approximate surface area is 157 Å². The number of esters is 1. The summed E-state index contributed by atoms with van der Waals surface area (Å²) in [5, 5.41) is 2.58. The fourth-order valence-corrected chi connectivity index (χ4v) is 2.57. The second-order valence-corrected chi connectivity index (χ2v) is 5.70. The smallest absolute Gasteiger partial charge is 0.488 e. The Morgan fingerprint density at radius 2 is 1.89 bits per heavy atom. The Morgan fingerprint density at radius 3 is 2.61 bits per heavy atom. The standard InChI is InChI=1S/C19H14F3NO5/c1-26-18(25)14-4-2-3-5-15(14)23-17(24)12-8-11-9-13(28-19(20,21)22)6-7-16(11)27-10-12/h2-9H,10H2,1H3,(H,23,24). The maximum absolute atomic E-state index is 12.5. The lowest BCUT2D eigenvalue weighted by atomic mass is 10.1. The molecule has 0 aliphatic carbocycles. The number of para-hydroxylation sites is 1. The molecule has 0 atom stereocenters. The van der Waals surface area contributed by atoms with Crippen LogP contribution in [0.1, 0.15) is 15.9 Å². The fourth-order valence-electron chi connectivity index (χ4n) is 2.57. The molecule has 0 fully saturated rings. The Hall–Kier alpha value is -3.49. The third kappa shape index (κ3) is 4.43. The maximum atomic E-state index is 12.5. The van der Waals surface area contributed by atoms with Crippen molar-refractivity contribution in [3.05, 3.63) is 59.2 Å². The van der Waals surface area contributed by atoms with Gasteiger partial charge in [-0.1, -0.05) is 12.1 Å². The first-order chi connectivity index (χ1) is 13.3. The Morgan fingerprint density at radius 1 is 1.14 bits per heavy atom. The molecule has 0 spiro atoms. The van der Waals surface area contributed by atoms with Gasteiger partial charge in [-0.2, -0.15) is 0 Å². The van der Waals surface area contributed by atoms with Crippen molar-refractivity contribution in [1.82, 2.24) is 0 Å². The number of ether oxygens (including phenoxy) is 3. The SMILES string of the molecule is COC(=O)c1ccccc1NC(=O)C1=Cc2cc(OC(F)(F)F)ccc2OC1. The maximum Gasteiger partial charge on any atom is 0.573 e. The number of fused-ring (bicyclic) bond motifs is 1. The van der Waals surface area contributed by atoms with Gasteiger partial charge in [-0.3, -0.25) is 4.79 Å². The van der Waals surface area contributed by atoms with Crippen LogP contribution in [0.3, 0.4) is 0 Å². The van der Waals surface area contributed by atoms with Gasteiger partial charge in [-0.05, 0) is 36.4 Å². The molecule has 2 aromatic carbocycles.